The molecule has 8 nitrogen and oxygen atoms in total. The molecule has 0 saturated carbocycles. The minimum absolute atomic E-state index is 0.0991. The highest BCUT2D eigenvalue weighted by molar-refractivity contribution is 14.1. The number of anilines is 1. The molecule has 0 spiro atoms. The summed E-state index contributed by atoms with van der Waals surface area (Å²) < 4.78 is 12.3. The van der Waals surface area contributed by atoms with Crippen LogP contribution in [0.25, 0.3) is 11.6 Å². The Hall–Kier alpha value is -3.48. The second-order valence-corrected chi connectivity index (χ2v) is 13.1. The number of aromatic hydroxyl groups is 1. The van der Waals surface area contributed by atoms with Gasteiger partial charge in [-0.1, -0.05) is 43.2 Å². The van der Waals surface area contributed by atoms with Gasteiger partial charge >= 0.3 is 7.12 Å². The van der Waals surface area contributed by atoms with E-state index in [0.29, 0.717) is 34.3 Å². The van der Waals surface area contributed by atoms with Gasteiger partial charge in [-0.25, -0.2) is 0 Å². The number of benzene rings is 2. The Morgan fingerprint density at radius 3 is 2.62 bits per heavy atom. The predicted molar refractivity (Wildman–Crippen MR) is 182 cm³/mol. The first-order chi connectivity index (χ1) is 21.8. The Labute approximate surface area is 277 Å². The molecule has 45 heavy (non-hydrogen) atoms. The summed E-state index contributed by atoms with van der Waals surface area (Å²) in [6.45, 7) is 2.12. The number of hydrogen-bond acceptors (Lipinski definition) is 7. The van der Waals surface area contributed by atoms with E-state index in [-0.39, 0.29) is 29.8 Å². The maximum absolute atomic E-state index is 14.0. The lowest BCUT2D eigenvalue weighted by Crippen LogP contribution is -2.46. The summed E-state index contributed by atoms with van der Waals surface area (Å²) in [6, 6.07) is 18.6. The van der Waals surface area contributed by atoms with Gasteiger partial charge in [-0.05, 0) is 120 Å². The number of phenolic OH excluding ortho intramolecular Hbond substituents is 1. The molecule has 2 saturated heterocycles. The number of pyridine rings is 1. The van der Waals surface area contributed by atoms with E-state index in [2.05, 4.69) is 34.5 Å². The fraction of sp³-hybridized carbons (Fsp3) is 0.343. The summed E-state index contributed by atoms with van der Waals surface area (Å²) in [7, 11) is 0.489. The van der Waals surface area contributed by atoms with Gasteiger partial charge in [0.25, 0.3) is 0 Å². The summed E-state index contributed by atoms with van der Waals surface area (Å²) >= 11 is 2.09. The molecule has 3 heterocycles. The minimum Gasteiger partial charge on any atom is -0.504 e. The molecule has 3 aromatic rings. The summed E-state index contributed by atoms with van der Waals surface area (Å²) in [5, 5.41) is 21.4. The van der Waals surface area contributed by atoms with Crippen LogP contribution in [0.3, 0.4) is 0 Å². The number of rotatable bonds is 9. The number of imide groups is 1. The molecule has 2 N–H and O–H groups in total. The van der Waals surface area contributed by atoms with Crippen molar-refractivity contribution in [2.24, 2.45) is 17.8 Å². The summed E-state index contributed by atoms with van der Waals surface area (Å²) in [5.41, 5.74) is 5.50. The summed E-state index contributed by atoms with van der Waals surface area (Å²) in [6.07, 6.45) is 7.07. The number of halogens is 1. The Morgan fingerprint density at radius 2 is 1.91 bits per heavy atom. The number of allylic oxidation sites excluding steroid dienone is 2. The monoisotopic (exact) mass is 718 g/mol. The van der Waals surface area contributed by atoms with Gasteiger partial charge in [-0.3, -0.25) is 19.5 Å². The van der Waals surface area contributed by atoms with Crippen molar-refractivity contribution < 1.29 is 29.1 Å². The fourth-order valence-electron chi connectivity index (χ4n) is 7.28. The molecule has 1 aliphatic carbocycles. The molecule has 6 rings (SSSR count). The van der Waals surface area contributed by atoms with E-state index in [4.69, 9.17) is 9.39 Å². The van der Waals surface area contributed by atoms with E-state index in [0.717, 1.165) is 35.2 Å². The number of nitrogens with zero attached hydrogens (tertiary/aromatic N) is 2. The average Bonchev–Trinajstić information content (AvgIpc) is 3.30. The average molecular weight is 718 g/mol. The lowest BCUT2D eigenvalue weighted by atomic mass is 9.58. The SMILES string of the molecule is CCCC1=C2[C@@H](CC/C(=C/c3cc(I)c(O)c(OC)c3)c3ccccn3)OB(O)C[C@@H]2[C@@H]2C(=O)N(c3ccccc3)C(=O)[C@@H]2C1. The van der Waals surface area contributed by atoms with Gasteiger partial charge in [0.15, 0.2) is 11.5 Å². The fourth-order valence-corrected chi connectivity index (χ4v) is 7.91. The molecule has 2 aromatic carbocycles. The van der Waals surface area contributed by atoms with E-state index in [9.17, 15) is 19.7 Å². The van der Waals surface area contributed by atoms with Crippen LogP contribution in [0, 0.1) is 21.3 Å². The number of ether oxygens (including phenoxy) is 1. The van der Waals surface area contributed by atoms with Crippen molar-refractivity contribution in [1.29, 1.82) is 0 Å². The first-order valence-corrected chi connectivity index (χ1v) is 16.5. The van der Waals surface area contributed by atoms with E-state index >= 15 is 0 Å². The number of phenols is 1. The number of methoxy groups -OCH3 is 1. The van der Waals surface area contributed by atoms with Crippen LogP contribution in [0.4, 0.5) is 5.69 Å². The first-order valence-electron chi connectivity index (χ1n) is 15.5. The molecule has 232 valence electrons. The van der Waals surface area contributed by atoms with Crippen molar-refractivity contribution in [1.82, 2.24) is 4.98 Å². The third-order valence-electron chi connectivity index (χ3n) is 9.16. The Kier molecular flexibility index (Phi) is 9.44. The van der Waals surface area contributed by atoms with Crippen LogP contribution in [0.15, 0.2) is 78.0 Å². The van der Waals surface area contributed by atoms with E-state index in [1.807, 2.05) is 48.5 Å². The zero-order chi connectivity index (χ0) is 31.7. The summed E-state index contributed by atoms with van der Waals surface area (Å²) in [5.74, 6) is -1.08. The van der Waals surface area contributed by atoms with E-state index < -0.39 is 25.1 Å². The highest BCUT2D eigenvalue weighted by Crippen LogP contribution is 2.52. The molecule has 2 fully saturated rings. The van der Waals surface area contributed by atoms with Crippen LogP contribution >= 0.6 is 22.6 Å². The smallest absolute Gasteiger partial charge is 0.455 e. The lowest BCUT2D eigenvalue weighted by molar-refractivity contribution is -0.122. The standard InChI is InChI=1S/C35H36BIN2O6/c1-3-9-23-19-25-32(35(42)39(34(25)41)24-10-5-4-6-11-24)26-20-36(43)45-29(31(23)26)14-13-22(28-12-7-8-15-38-28)16-21-17-27(37)33(40)30(18-21)44-2/h4-8,10-12,15-18,25-26,29,32,40,43H,3,9,13-14,19-20H2,1-2H3/b22-16-/t25-,26+,29-,32-/m1/s1. The van der Waals surface area contributed by atoms with Gasteiger partial charge in [0, 0.05) is 6.20 Å². The number of amides is 2. The number of para-hydroxylation sites is 1. The normalized spacial score (nSPS) is 23.3. The maximum Gasteiger partial charge on any atom is 0.455 e. The summed E-state index contributed by atoms with van der Waals surface area (Å²) in [4.78, 5) is 33.7. The third kappa shape index (κ3) is 6.20. The molecule has 3 aliphatic rings. The molecular formula is C35H36BIN2O6. The third-order valence-corrected chi connectivity index (χ3v) is 9.98. The first kappa shape index (κ1) is 31.5. The zero-order valence-corrected chi connectivity index (χ0v) is 27.5. The van der Waals surface area contributed by atoms with Crippen molar-refractivity contribution in [3.63, 3.8) is 0 Å². The van der Waals surface area contributed by atoms with E-state index in [1.54, 1.807) is 24.4 Å². The molecule has 4 atom stereocenters. The molecule has 0 bridgehead atoms. The van der Waals surface area contributed by atoms with Gasteiger partial charge in [0.2, 0.25) is 11.8 Å². The van der Waals surface area contributed by atoms with Crippen molar-refractivity contribution in [3.05, 3.63) is 92.8 Å². The minimum atomic E-state index is -1.04. The Balaban J connectivity index is 1.34. The van der Waals surface area contributed by atoms with Gasteiger partial charge in [0.1, 0.15) is 0 Å². The van der Waals surface area contributed by atoms with Crippen molar-refractivity contribution >= 4 is 58.9 Å². The number of carbonyl (C=O) groups excluding carboxylic acids is 2. The highest BCUT2D eigenvalue weighted by atomic mass is 127. The van der Waals surface area contributed by atoms with Crippen LogP contribution in [-0.2, 0) is 14.2 Å². The predicted octanol–water partition coefficient (Wildman–Crippen LogP) is 6.52. The zero-order valence-electron chi connectivity index (χ0n) is 25.4. The molecule has 10 heteroatoms. The molecule has 2 aliphatic heterocycles. The van der Waals surface area contributed by atoms with Gasteiger partial charge in [-0.2, -0.15) is 0 Å². The number of carbonyl (C=O) groups is 2. The van der Waals surface area contributed by atoms with Crippen LogP contribution in [0.1, 0.15) is 50.3 Å². The topological polar surface area (TPSA) is 109 Å². The van der Waals surface area contributed by atoms with E-state index in [1.165, 1.54) is 17.6 Å². The number of fused-ring (bicyclic) bond motifs is 3. The van der Waals surface area contributed by atoms with Gasteiger partial charge in [-0.15, -0.1) is 0 Å². The van der Waals surface area contributed by atoms with Crippen LogP contribution in [0.5, 0.6) is 11.5 Å². The largest absolute Gasteiger partial charge is 0.504 e. The Bertz CT molecular complexity index is 1650. The Morgan fingerprint density at radius 1 is 1.13 bits per heavy atom. The van der Waals surface area contributed by atoms with Crippen LogP contribution in [0.2, 0.25) is 6.32 Å². The van der Waals surface area contributed by atoms with Gasteiger partial charge < -0.3 is 19.5 Å². The van der Waals surface area contributed by atoms with Crippen molar-refractivity contribution in [3.8, 4) is 11.5 Å². The highest BCUT2D eigenvalue weighted by Gasteiger charge is 2.57. The molecule has 0 unspecified atom stereocenters. The molecule has 2 amide bonds. The van der Waals surface area contributed by atoms with Crippen LogP contribution < -0.4 is 9.64 Å². The molecular weight excluding hydrogens is 682 g/mol. The second kappa shape index (κ2) is 13.5. The quantitative estimate of drug-likeness (QED) is 0.112. The number of aromatic nitrogens is 1. The van der Waals surface area contributed by atoms with Crippen molar-refractivity contribution in [2.75, 3.05) is 12.0 Å². The van der Waals surface area contributed by atoms with Crippen LogP contribution in [-0.4, -0.2) is 47.3 Å². The van der Waals surface area contributed by atoms with Crippen molar-refractivity contribution in [2.45, 2.75) is 51.5 Å². The second-order valence-electron chi connectivity index (χ2n) is 11.9. The van der Waals surface area contributed by atoms with Gasteiger partial charge in [0.05, 0.1) is 40.0 Å². The maximum atomic E-state index is 14.0. The lowest BCUT2D eigenvalue weighted by Gasteiger charge is -2.43. The molecule has 1 aromatic heterocycles. The number of hydrogen-bond donors (Lipinski definition) is 2. The molecule has 0 radical (unpaired) electrons.